The van der Waals surface area contributed by atoms with E-state index in [2.05, 4.69) is 15.9 Å². The van der Waals surface area contributed by atoms with Crippen LogP contribution >= 0.6 is 15.9 Å². The Morgan fingerprint density at radius 3 is 2.18 bits per heavy atom. The molecule has 1 fully saturated rings. The standard InChI is InChI=1S/C17H19BrO4/c1-9(19)14-13(21)8-17(3,22)16(10(2)20)15(14)11-4-6-12(18)7-5-11/h4-7,14-16,22H,8H2,1-3H3/t14-,15-,16-,17-/m0/s1. The molecule has 0 amide bonds. The largest absolute Gasteiger partial charge is 0.389 e. The van der Waals surface area contributed by atoms with Gasteiger partial charge in [0.05, 0.1) is 17.4 Å². The molecule has 4 nitrogen and oxygen atoms in total. The van der Waals surface area contributed by atoms with E-state index in [0.29, 0.717) is 0 Å². The Kier molecular flexibility index (Phi) is 4.68. The van der Waals surface area contributed by atoms with Gasteiger partial charge >= 0.3 is 0 Å². The van der Waals surface area contributed by atoms with E-state index in [-0.39, 0.29) is 23.8 Å². The third-order valence-electron chi connectivity index (χ3n) is 4.40. The second-order valence-corrected chi connectivity index (χ2v) is 7.17. The second kappa shape index (κ2) is 6.05. The van der Waals surface area contributed by atoms with Crippen LogP contribution in [0.25, 0.3) is 0 Å². The lowest BCUT2D eigenvalue weighted by Crippen LogP contribution is -2.53. The first-order chi connectivity index (χ1) is 10.1. The van der Waals surface area contributed by atoms with E-state index in [0.717, 1.165) is 10.0 Å². The number of aliphatic hydroxyl groups is 1. The van der Waals surface area contributed by atoms with Crippen molar-refractivity contribution in [2.24, 2.45) is 11.8 Å². The molecule has 1 N–H and O–H groups in total. The van der Waals surface area contributed by atoms with Crippen LogP contribution in [0.4, 0.5) is 0 Å². The molecule has 0 radical (unpaired) electrons. The van der Waals surface area contributed by atoms with Crippen molar-refractivity contribution in [1.82, 2.24) is 0 Å². The SMILES string of the molecule is CC(=O)[C@H]1C(=O)C[C@](C)(O)[C@@H](C(C)=O)[C@H]1c1ccc(Br)cc1. The van der Waals surface area contributed by atoms with E-state index in [1.165, 1.54) is 20.8 Å². The number of hydrogen-bond donors (Lipinski definition) is 1. The van der Waals surface area contributed by atoms with Crippen molar-refractivity contribution < 1.29 is 19.5 Å². The van der Waals surface area contributed by atoms with Crippen molar-refractivity contribution >= 4 is 33.3 Å². The zero-order chi connectivity index (χ0) is 16.7. The smallest absolute Gasteiger partial charge is 0.146 e. The van der Waals surface area contributed by atoms with Gasteiger partial charge < -0.3 is 5.11 Å². The van der Waals surface area contributed by atoms with Gasteiger partial charge in [0.1, 0.15) is 17.3 Å². The number of ketones is 3. The lowest BCUT2D eigenvalue weighted by atomic mass is 9.60. The van der Waals surface area contributed by atoms with Gasteiger partial charge in [-0.05, 0) is 38.5 Å². The summed E-state index contributed by atoms with van der Waals surface area (Å²) in [6.07, 6.45) is -0.172. The van der Waals surface area contributed by atoms with E-state index in [9.17, 15) is 19.5 Å². The molecular weight excluding hydrogens is 348 g/mol. The average molecular weight is 367 g/mol. The van der Waals surface area contributed by atoms with Gasteiger partial charge in [-0.1, -0.05) is 28.1 Å². The minimum atomic E-state index is -1.44. The van der Waals surface area contributed by atoms with E-state index in [1.807, 2.05) is 0 Å². The fourth-order valence-electron chi connectivity index (χ4n) is 3.59. The maximum atomic E-state index is 12.4. The molecule has 1 aliphatic carbocycles. The Bertz CT molecular complexity index is 618. The molecule has 22 heavy (non-hydrogen) atoms. The normalized spacial score (nSPS) is 31.9. The molecule has 1 aromatic carbocycles. The van der Waals surface area contributed by atoms with Crippen LogP contribution in [-0.4, -0.2) is 28.1 Å². The van der Waals surface area contributed by atoms with Gasteiger partial charge in [0.15, 0.2) is 0 Å². The highest BCUT2D eigenvalue weighted by atomic mass is 79.9. The van der Waals surface area contributed by atoms with Crippen molar-refractivity contribution in [1.29, 1.82) is 0 Å². The first kappa shape index (κ1) is 17.0. The minimum absolute atomic E-state index is 0.172. The Morgan fingerprint density at radius 1 is 1.18 bits per heavy atom. The van der Waals surface area contributed by atoms with E-state index < -0.39 is 23.4 Å². The van der Waals surface area contributed by atoms with Gasteiger partial charge in [-0.25, -0.2) is 0 Å². The van der Waals surface area contributed by atoms with Gasteiger partial charge in [0.25, 0.3) is 0 Å². The minimum Gasteiger partial charge on any atom is -0.389 e. The predicted molar refractivity (Wildman–Crippen MR) is 85.5 cm³/mol. The van der Waals surface area contributed by atoms with Crippen molar-refractivity contribution in [2.45, 2.75) is 38.7 Å². The van der Waals surface area contributed by atoms with Crippen LogP contribution in [0.15, 0.2) is 28.7 Å². The van der Waals surface area contributed by atoms with Crippen molar-refractivity contribution in [2.75, 3.05) is 0 Å². The highest BCUT2D eigenvalue weighted by Crippen LogP contribution is 2.46. The Labute approximate surface area is 138 Å². The van der Waals surface area contributed by atoms with Crippen LogP contribution < -0.4 is 0 Å². The van der Waals surface area contributed by atoms with Gasteiger partial charge in [-0.2, -0.15) is 0 Å². The first-order valence-corrected chi connectivity index (χ1v) is 7.96. The van der Waals surface area contributed by atoms with Crippen LogP contribution in [0.2, 0.25) is 0 Å². The first-order valence-electron chi connectivity index (χ1n) is 7.16. The summed E-state index contributed by atoms with van der Waals surface area (Å²) >= 11 is 3.34. The molecule has 0 unspecified atom stereocenters. The van der Waals surface area contributed by atoms with Crippen LogP contribution in [0.5, 0.6) is 0 Å². The number of Topliss-reactive ketones (excluding diaryl/α,β-unsaturated/α-hetero) is 3. The van der Waals surface area contributed by atoms with Crippen LogP contribution in [0, 0.1) is 11.8 Å². The fourth-order valence-corrected chi connectivity index (χ4v) is 3.86. The molecule has 0 aromatic heterocycles. The van der Waals surface area contributed by atoms with Crippen LogP contribution in [0.1, 0.15) is 38.7 Å². The molecule has 0 heterocycles. The monoisotopic (exact) mass is 366 g/mol. The van der Waals surface area contributed by atoms with Crippen molar-refractivity contribution in [3.63, 3.8) is 0 Å². The number of carbonyl (C=O) groups is 3. The topological polar surface area (TPSA) is 71.4 Å². The lowest BCUT2D eigenvalue weighted by molar-refractivity contribution is -0.151. The van der Waals surface area contributed by atoms with Crippen molar-refractivity contribution in [3.05, 3.63) is 34.3 Å². The summed E-state index contributed by atoms with van der Waals surface area (Å²) in [6.45, 7) is 4.27. The summed E-state index contributed by atoms with van der Waals surface area (Å²) in [6, 6.07) is 7.18. The summed E-state index contributed by atoms with van der Waals surface area (Å²) < 4.78 is 0.865. The highest BCUT2D eigenvalue weighted by molar-refractivity contribution is 9.10. The summed E-state index contributed by atoms with van der Waals surface area (Å²) in [4.78, 5) is 36.5. The zero-order valence-corrected chi connectivity index (χ0v) is 14.4. The van der Waals surface area contributed by atoms with Gasteiger partial charge in [-0.3, -0.25) is 14.4 Å². The summed E-state index contributed by atoms with van der Waals surface area (Å²) in [5, 5.41) is 10.6. The van der Waals surface area contributed by atoms with Gasteiger partial charge in [0.2, 0.25) is 0 Å². The molecule has 118 valence electrons. The predicted octanol–water partition coefficient (Wildman–Crippen LogP) is 2.67. The number of rotatable bonds is 3. The zero-order valence-electron chi connectivity index (χ0n) is 12.8. The highest BCUT2D eigenvalue weighted by Gasteiger charge is 2.53. The molecule has 1 aromatic rings. The third-order valence-corrected chi connectivity index (χ3v) is 4.93. The van der Waals surface area contributed by atoms with E-state index in [4.69, 9.17) is 0 Å². The summed E-state index contributed by atoms with van der Waals surface area (Å²) in [5.74, 6) is -3.06. The molecule has 1 aliphatic rings. The van der Waals surface area contributed by atoms with Crippen molar-refractivity contribution in [3.8, 4) is 0 Å². The quantitative estimate of drug-likeness (QED) is 0.834. The Morgan fingerprint density at radius 2 is 1.73 bits per heavy atom. The number of carbonyl (C=O) groups excluding carboxylic acids is 3. The summed E-state index contributed by atoms with van der Waals surface area (Å²) in [7, 11) is 0. The lowest BCUT2D eigenvalue weighted by Gasteiger charge is -2.44. The Hall–Kier alpha value is -1.33. The molecule has 2 rings (SSSR count). The molecule has 1 saturated carbocycles. The maximum absolute atomic E-state index is 12.4. The number of hydrogen-bond acceptors (Lipinski definition) is 4. The molecule has 0 saturated heterocycles. The molecule has 5 heteroatoms. The third kappa shape index (κ3) is 3.06. The molecule has 0 spiro atoms. The van der Waals surface area contributed by atoms with Gasteiger partial charge in [0, 0.05) is 16.8 Å². The maximum Gasteiger partial charge on any atom is 0.146 e. The molecule has 4 atom stereocenters. The number of halogens is 1. The van der Waals surface area contributed by atoms with Crippen LogP contribution in [-0.2, 0) is 14.4 Å². The van der Waals surface area contributed by atoms with E-state index >= 15 is 0 Å². The number of benzene rings is 1. The molecule has 0 aliphatic heterocycles. The van der Waals surface area contributed by atoms with Gasteiger partial charge in [-0.15, -0.1) is 0 Å². The second-order valence-electron chi connectivity index (χ2n) is 6.25. The fraction of sp³-hybridized carbons (Fsp3) is 0.471. The van der Waals surface area contributed by atoms with Crippen LogP contribution in [0.3, 0.4) is 0 Å². The summed E-state index contributed by atoms with van der Waals surface area (Å²) in [5.41, 5.74) is -0.719. The average Bonchev–Trinajstić information content (AvgIpc) is 2.36. The molecular formula is C17H19BrO4. The van der Waals surface area contributed by atoms with E-state index in [1.54, 1.807) is 24.3 Å². The Balaban J connectivity index is 2.61. The molecule has 0 bridgehead atoms.